The van der Waals surface area contributed by atoms with Crippen molar-refractivity contribution < 1.29 is 4.79 Å². The zero-order chi connectivity index (χ0) is 11.1. The van der Waals surface area contributed by atoms with Crippen LogP contribution in [-0.2, 0) is 4.79 Å². The standard InChI is InChI=1S/C12H22N2O/c1-4-14(9(2)3)11(15)10-7-12(10)5-6-13-8-12/h9-10,13H,4-8H2,1-3H3. The lowest BCUT2D eigenvalue weighted by molar-refractivity contribution is -0.134. The van der Waals surface area contributed by atoms with E-state index in [4.69, 9.17) is 0 Å². The van der Waals surface area contributed by atoms with E-state index in [0.717, 1.165) is 26.1 Å². The van der Waals surface area contributed by atoms with Gasteiger partial charge in [0.2, 0.25) is 5.91 Å². The Morgan fingerprint density at radius 3 is 2.80 bits per heavy atom. The molecule has 0 radical (unpaired) electrons. The van der Waals surface area contributed by atoms with Gasteiger partial charge in [-0.15, -0.1) is 0 Å². The van der Waals surface area contributed by atoms with E-state index < -0.39 is 0 Å². The van der Waals surface area contributed by atoms with E-state index >= 15 is 0 Å². The highest BCUT2D eigenvalue weighted by Gasteiger charge is 2.59. The van der Waals surface area contributed by atoms with Crippen molar-refractivity contribution in [2.24, 2.45) is 11.3 Å². The van der Waals surface area contributed by atoms with E-state index in [1.807, 2.05) is 4.90 Å². The van der Waals surface area contributed by atoms with Crippen molar-refractivity contribution in [1.29, 1.82) is 0 Å². The predicted octanol–water partition coefficient (Wildman–Crippen LogP) is 1.24. The molecule has 1 amide bonds. The molecule has 1 saturated heterocycles. The summed E-state index contributed by atoms with van der Waals surface area (Å²) in [5.41, 5.74) is 0.347. The normalized spacial score (nSPS) is 33.7. The van der Waals surface area contributed by atoms with E-state index in [1.54, 1.807) is 0 Å². The summed E-state index contributed by atoms with van der Waals surface area (Å²) < 4.78 is 0. The fraction of sp³-hybridized carbons (Fsp3) is 0.917. The van der Waals surface area contributed by atoms with Gasteiger partial charge in [0.25, 0.3) is 0 Å². The van der Waals surface area contributed by atoms with Crippen molar-refractivity contribution in [1.82, 2.24) is 10.2 Å². The van der Waals surface area contributed by atoms with E-state index in [0.29, 0.717) is 23.3 Å². The van der Waals surface area contributed by atoms with E-state index in [1.165, 1.54) is 6.42 Å². The largest absolute Gasteiger partial charge is 0.340 e. The van der Waals surface area contributed by atoms with Crippen LogP contribution >= 0.6 is 0 Å². The second kappa shape index (κ2) is 3.78. The van der Waals surface area contributed by atoms with Gasteiger partial charge in [0.1, 0.15) is 0 Å². The Morgan fingerprint density at radius 1 is 1.60 bits per heavy atom. The minimum atomic E-state index is 0.315. The fourth-order valence-corrected chi connectivity index (χ4v) is 2.91. The molecule has 2 atom stereocenters. The number of rotatable bonds is 3. The molecule has 1 saturated carbocycles. The quantitative estimate of drug-likeness (QED) is 0.760. The molecule has 86 valence electrons. The molecule has 1 heterocycles. The number of hydrogen-bond acceptors (Lipinski definition) is 2. The first kappa shape index (κ1) is 10.9. The Bertz CT molecular complexity index is 256. The highest BCUT2D eigenvalue weighted by atomic mass is 16.2. The second-order valence-corrected chi connectivity index (χ2v) is 5.26. The van der Waals surface area contributed by atoms with Crippen LogP contribution in [-0.4, -0.2) is 36.5 Å². The maximum atomic E-state index is 12.2. The van der Waals surface area contributed by atoms with Gasteiger partial charge in [0.15, 0.2) is 0 Å². The molecule has 0 aromatic heterocycles. The molecule has 1 aliphatic heterocycles. The van der Waals surface area contributed by atoms with Crippen molar-refractivity contribution in [2.45, 2.75) is 39.7 Å². The average Bonchev–Trinajstić information content (AvgIpc) is 2.65. The molecule has 1 aliphatic carbocycles. The Balaban J connectivity index is 1.98. The van der Waals surface area contributed by atoms with Crippen LogP contribution in [0.4, 0.5) is 0 Å². The monoisotopic (exact) mass is 210 g/mol. The van der Waals surface area contributed by atoms with Crippen molar-refractivity contribution in [3.8, 4) is 0 Å². The summed E-state index contributed by atoms with van der Waals surface area (Å²) in [6.45, 7) is 9.26. The Labute approximate surface area is 92.2 Å². The van der Waals surface area contributed by atoms with Gasteiger partial charge in [0, 0.05) is 25.0 Å². The molecule has 1 spiro atoms. The third-order valence-electron chi connectivity index (χ3n) is 4.01. The smallest absolute Gasteiger partial charge is 0.226 e. The zero-order valence-electron chi connectivity index (χ0n) is 10.0. The van der Waals surface area contributed by atoms with Crippen molar-refractivity contribution in [2.75, 3.05) is 19.6 Å². The van der Waals surface area contributed by atoms with Crippen LogP contribution in [0.25, 0.3) is 0 Å². The predicted molar refractivity (Wildman–Crippen MR) is 60.5 cm³/mol. The third kappa shape index (κ3) is 1.78. The first-order valence-corrected chi connectivity index (χ1v) is 6.12. The SMILES string of the molecule is CCN(C(=O)C1CC12CCNC2)C(C)C. The van der Waals surface area contributed by atoms with Crippen LogP contribution in [0.2, 0.25) is 0 Å². The maximum absolute atomic E-state index is 12.2. The summed E-state index contributed by atoms with van der Waals surface area (Å²) in [5, 5.41) is 3.38. The number of carbonyl (C=O) groups is 1. The minimum absolute atomic E-state index is 0.315. The number of hydrogen-bond donors (Lipinski definition) is 1. The summed E-state index contributed by atoms with van der Waals surface area (Å²) in [5.74, 6) is 0.700. The van der Waals surface area contributed by atoms with Crippen molar-refractivity contribution in [3.63, 3.8) is 0 Å². The molecule has 0 aromatic carbocycles. The molecule has 2 unspecified atom stereocenters. The van der Waals surface area contributed by atoms with Gasteiger partial charge in [-0.2, -0.15) is 0 Å². The lowest BCUT2D eigenvalue weighted by Gasteiger charge is -2.26. The van der Waals surface area contributed by atoms with Gasteiger partial charge in [-0.25, -0.2) is 0 Å². The summed E-state index contributed by atoms with van der Waals surface area (Å²) in [4.78, 5) is 14.2. The molecule has 0 aromatic rings. The highest BCUT2D eigenvalue weighted by Crippen LogP contribution is 2.57. The Kier molecular flexibility index (Phi) is 2.75. The minimum Gasteiger partial charge on any atom is -0.340 e. The topological polar surface area (TPSA) is 32.3 Å². The van der Waals surface area contributed by atoms with E-state index in [2.05, 4.69) is 26.1 Å². The second-order valence-electron chi connectivity index (χ2n) is 5.26. The van der Waals surface area contributed by atoms with Gasteiger partial charge in [-0.05, 0) is 45.6 Å². The van der Waals surface area contributed by atoms with Gasteiger partial charge in [-0.1, -0.05) is 0 Å². The first-order chi connectivity index (χ1) is 7.10. The summed E-state index contributed by atoms with van der Waals surface area (Å²) in [7, 11) is 0. The van der Waals surface area contributed by atoms with Gasteiger partial charge in [0.05, 0.1) is 0 Å². The van der Waals surface area contributed by atoms with Crippen LogP contribution in [0.3, 0.4) is 0 Å². The maximum Gasteiger partial charge on any atom is 0.226 e. The van der Waals surface area contributed by atoms with Crippen LogP contribution in [0.5, 0.6) is 0 Å². The summed E-state index contributed by atoms with van der Waals surface area (Å²) in [6, 6.07) is 0.342. The first-order valence-electron chi connectivity index (χ1n) is 6.12. The molecular formula is C12H22N2O. The number of nitrogens with one attached hydrogen (secondary N) is 1. The molecule has 3 heteroatoms. The van der Waals surface area contributed by atoms with Crippen molar-refractivity contribution in [3.05, 3.63) is 0 Å². The zero-order valence-corrected chi connectivity index (χ0v) is 10.0. The van der Waals surface area contributed by atoms with Gasteiger partial charge < -0.3 is 10.2 Å². The molecule has 2 fully saturated rings. The molecular weight excluding hydrogens is 188 g/mol. The average molecular weight is 210 g/mol. The molecule has 0 bridgehead atoms. The van der Waals surface area contributed by atoms with Gasteiger partial charge in [-0.3, -0.25) is 4.79 Å². The molecule has 1 N–H and O–H groups in total. The molecule has 2 rings (SSSR count). The van der Waals surface area contributed by atoms with Gasteiger partial charge >= 0.3 is 0 Å². The van der Waals surface area contributed by atoms with Crippen molar-refractivity contribution >= 4 is 5.91 Å². The number of nitrogens with zero attached hydrogens (tertiary/aromatic N) is 1. The summed E-state index contributed by atoms with van der Waals surface area (Å²) >= 11 is 0. The van der Waals surface area contributed by atoms with Crippen LogP contribution in [0.1, 0.15) is 33.6 Å². The molecule has 15 heavy (non-hydrogen) atoms. The van der Waals surface area contributed by atoms with Crippen LogP contribution in [0.15, 0.2) is 0 Å². The van der Waals surface area contributed by atoms with E-state index in [-0.39, 0.29) is 0 Å². The fourth-order valence-electron chi connectivity index (χ4n) is 2.91. The Hall–Kier alpha value is -0.570. The van der Waals surface area contributed by atoms with Crippen LogP contribution < -0.4 is 5.32 Å². The van der Waals surface area contributed by atoms with Crippen LogP contribution in [0, 0.1) is 11.3 Å². The number of carbonyl (C=O) groups excluding carboxylic acids is 1. The molecule has 2 aliphatic rings. The Morgan fingerprint density at radius 2 is 2.33 bits per heavy atom. The van der Waals surface area contributed by atoms with E-state index in [9.17, 15) is 4.79 Å². The number of amides is 1. The summed E-state index contributed by atoms with van der Waals surface area (Å²) in [6.07, 6.45) is 2.31. The lowest BCUT2D eigenvalue weighted by atomic mass is 10.0. The highest BCUT2D eigenvalue weighted by molar-refractivity contribution is 5.83. The molecule has 3 nitrogen and oxygen atoms in total. The third-order valence-corrected chi connectivity index (χ3v) is 4.01. The lowest BCUT2D eigenvalue weighted by Crippen LogP contribution is -2.39.